The topological polar surface area (TPSA) is 59.2 Å². The third-order valence-corrected chi connectivity index (χ3v) is 5.62. The molecule has 0 radical (unpaired) electrons. The molecule has 0 fully saturated rings. The van der Waals surface area contributed by atoms with Crippen molar-refractivity contribution in [3.05, 3.63) is 70.2 Å². The fourth-order valence-corrected chi connectivity index (χ4v) is 4.14. The minimum Gasteiger partial charge on any atom is -0.366 e. The van der Waals surface area contributed by atoms with E-state index in [1.165, 1.54) is 16.8 Å². The minimum atomic E-state index is -0.408. The number of hydrogen-bond donors (Lipinski definition) is 1. The first-order valence-corrected chi connectivity index (χ1v) is 9.18. The summed E-state index contributed by atoms with van der Waals surface area (Å²) in [5.74, 6) is -0.408. The standard InChI is InChI=1S/C20H19N3OS/c1-13-3-2-4-18-17(13)9-10-23(18)11-16-12-25-20(22-16)15-7-5-14(6-8-15)19(21)24/h2-8,12H,9-11H2,1H3,(H2,21,24). The summed E-state index contributed by atoms with van der Waals surface area (Å²) in [5, 5.41) is 3.08. The van der Waals surface area contributed by atoms with Crippen LogP contribution in [0.25, 0.3) is 10.6 Å². The van der Waals surface area contributed by atoms with Crippen molar-refractivity contribution < 1.29 is 4.79 Å². The Kier molecular flexibility index (Phi) is 4.01. The van der Waals surface area contributed by atoms with Crippen molar-refractivity contribution >= 4 is 22.9 Å². The van der Waals surface area contributed by atoms with Gasteiger partial charge in [-0.15, -0.1) is 11.3 Å². The Morgan fingerprint density at radius 3 is 2.80 bits per heavy atom. The van der Waals surface area contributed by atoms with Crippen LogP contribution in [0.3, 0.4) is 0 Å². The highest BCUT2D eigenvalue weighted by Gasteiger charge is 2.21. The van der Waals surface area contributed by atoms with E-state index in [9.17, 15) is 4.79 Å². The van der Waals surface area contributed by atoms with Gasteiger partial charge < -0.3 is 10.6 Å². The lowest BCUT2D eigenvalue weighted by molar-refractivity contribution is 0.100. The van der Waals surface area contributed by atoms with E-state index >= 15 is 0 Å². The first kappa shape index (κ1) is 15.8. The Morgan fingerprint density at radius 2 is 2.04 bits per heavy atom. The third-order valence-electron chi connectivity index (χ3n) is 4.68. The third kappa shape index (κ3) is 3.03. The van der Waals surface area contributed by atoms with Gasteiger partial charge in [-0.1, -0.05) is 24.3 Å². The van der Waals surface area contributed by atoms with Crippen LogP contribution < -0.4 is 10.6 Å². The monoisotopic (exact) mass is 349 g/mol. The van der Waals surface area contributed by atoms with Crippen LogP contribution in [0.2, 0.25) is 0 Å². The predicted molar refractivity (Wildman–Crippen MR) is 102 cm³/mol. The molecule has 0 saturated heterocycles. The lowest BCUT2D eigenvalue weighted by Gasteiger charge is -2.18. The van der Waals surface area contributed by atoms with Crippen molar-refractivity contribution in [3.63, 3.8) is 0 Å². The van der Waals surface area contributed by atoms with E-state index in [0.29, 0.717) is 5.56 Å². The smallest absolute Gasteiger partial charge is 0.248 e. The van der Waals surface area contributed by atoms with Crippen molar-refractivity contribution in [2.45, 2.75) is 19.9 Å². The Bertz CT molecular complexity index is 930. The molecule has 126 valence electrons. The highest BCUT2D eigenvalue weighted by Crippen LogP contribution is 2.32. The number of carbonyl (C=O) groups is 1. The quantitative estimate of drug-likeness (QED) is 0.780. The second-order valence-corrected chi connectivity index (χ2v) is 7.19. The molecule has 0 atom stereocenters. The number of primary amides is 1. The average molecular weight is 349 g/mol. The summed E-state index contributed by atoms with van der Waals surface area (Å²) < 4.78 is 0. The molecule has 0 saturated carbocycles. The fraction of sp³-hybridized carbons (Fsp3) is 0.200. The van der Waals surface area contributed by atoms with Crippen molar-refractivity contribution in [1.82, 2.24) is 4.98 Å². The summed E-state index contributed by atoms with van der Waals surface area (Å²) >= 11 is 1.63. The number of thiazole rings is 1. The average Bonchev–Trinajstić information content (AvgIpc) is 3.24. The van der Waals surface area contributed by atoms with Gasteiger partial charge in [0, 0.05) is 28.7 Å². The number of fused-ring (bicyclic) bond motifs is 1. The molecule has 0 spiro atoms. The second kappa shape index (κ2) is 6.33. The SMILES string of the molecule is Cc1cccc2c1CCN2Cc1csc(-c2ccc(C(N)=O)cc2)n1. The molecule has 25 heavy (non-hydrogen) atoms. The molecule has 5 heteroatoms. The molecular formula is C20H19N3OS. The van der Waals surface area contributed by atoms with Gasteiger partial charge in [-0.2, -0.15) is 0 Å². The zero-order chi connectivity index (χ0) is 17.4. The number of benzene rings is 2. The number of nitrogens with two attached hydrogens (primary N) is 1. The zero-order valence-corrected chi connectivity index (χ0v) is 14.8. The van der Waals surface area contributed by atoms with Gasteiger partial charge in [0.05, 0.1) is 12.2 Å². The van der Waals surface area contributed by atoms with Crippen LogP contribution in [-0.2, 0) is 13.0 Å². The van der Waals surface area contributed by atoms with Crippen LogP contribution in [0.5, 0.6) is 0 Å². The van der Waals surface area contributed by atoms with Crippen LogP contribution >= 0.6 is 11.3 Å². The summed E-state index contributed by atoms with van der Waals surface area (Å²) in [6, 6.07) is 13.8. The lowest BCUT2D eigenvalue weighted by Crippen LogP contribution is -2.19. The van der Waals surface area contributed by atoms with Crippen LogP contribution in [0.4, 0.5) is 5.69 Å². The number of nitrogens with zero attached hydrogens (tertiary/aromatic N) is 2. The maximum Gasteiger partial charge on any atom is 0.248 e. The van der Waals surface area contributed by atoms with Gasteiger partial charge in [0.15, 0.2) is 0 Å². The molecule has 1 aliphatic rings. The first-order chi connectivity index (χ1) is 12.1. The zero-order valence-electron chi connectivity index (χ0n) is 14.0. The molecule has 4 rings (SSSR count). The maximum atomic E-state index is 11.2. The van der Waals surface area contributed by atoms with E-state index in [1.54, 1.807) is 23.5 Å². The molecule has 0 unspecified atom stereocenters. The Balaban J connectivity index is 1.53. The van der Waals surface area contributed by atoms with Gasteiger partial charge in [-0.25, -0.2) is 4.98 Å². The maximum absolute atomic E-state index is 11.2. The summed E-state index contributed by atoms with van der Waals surface area (Å²) in [5.41, 5.74) is 12.1. The Labute approximate surface area is 150 Å². The summed E-state index contributed by atoms with van der Waals surface area (Å²) in [6.07, 6.45) is 1.10. The summed E-state index contributed by atoms with van der Waals surface area (Å²) in [6.45, 7) is 4.05. The van der Waals surface area contributed by atoms with Gasteiger partial charge in [-0.05, 0) is 42.7 Å². The van der Waals surface area contributed by atoms with Gasteiger partial charge in [0.1, 0.15) is 5.01 Å². The lowest BCUT2D eigenvalue weighted by atomic mass is 10.1. The van der Waals surface area contributed by atoms with Crippen LogP contribution in [0.1, 0.15) is 27.2 Å². The molecular weight excluding hydrogens is 330 g/mol. The molecule has 2 heterocycles. The number of aryl methyl sites for hydroxylation is 1. The largest absolute Gasteiger partial charge is 0.366 e. The number of aromatic nitrogens is 1. The Morgan fingerprint density at radius 1 is 1.24 bits per heavy atom. The molecule has 1 aliphatic heterocycles. The van der Waals surface area contributed by atoms with Crippen molar-refractivity contribution in [3.8, 4) is 10.6 Å². The molecule has 0 aliphatic carbocycles. The number of hydrogen-bond acceptors (Lipinski definition) is 4. The second-order valence-electron chi connectivity index (χ2n) is 6.33. The molecule has 1 amide bonds. The number of carbonyl (C=O) groups excluding carboxylic acids is 1. The van der Waals surface area contributed by atoms with E-state index < -0.39 is 5.91 Å². The van der Waals surface area contributed by atoms with Gasteiger partial charge in [0.25, 0.3) is 0 Å². The molecule has 2 N–H and O–H groups in total. The van der Waals surface area contributed by atoms with E-state index in [0.717, 1.165) is 35.8 Å². The normalized spacial score (nSPS) is 13.1. The molecule has 1 aromatic heterocycles. The van der Waals surface area contributed by atoms with Crippen molar-refractivity contribution in [2.75, 3.05) is 11.4 Å². The summed E-state index contributed by atoms with van der Waals surface area (Å²) in [4.78, 5) is 18.3. The fourth-order valence-electron chi connectivity index (χ4n) is 3.32. The Hall–Kier alpha value is -2.66. The highest BCUT2D eigenvalue weighted by atomic mass is 32.1. The molecule has 3 aromatic rings. The van der Waals surface area contributed by atoms with E-state index in [-0.39, 0.29) is 0 Å². The summed E-state index contributed by atoms with van der Waals surface area (Å²) in [7, 11) is 0. The van der Waals surface area contributed by atoms with Crippen molar-refractivity contribution in [1.29, 1.82) is 0 Å². The highest BCUT2D eigenvalue weighted by molar-refractivity contribution is 7.13. The van der Waals surface area contributed by atoms with Crippen LogP contribution in [0, 0.1) is 6.92 Å². The van der Waals surface area contributed by atoms with Crippen LogP contribution in [0.15, 0.2) is 47.8 Å². The van der Waals surface area contributed by atoms with E-state index in [2.05, 4.69) is 35.4 Å². The first-order valence-electron chi connectivity index (χ1n) is 8.30. The number of rotatable bonds is 4. The van der Waals surface area contributed by atoms with Gasteiger partial charge >= 0.3 is 0 Å². The minimum absolute atomic E-state index is 0.408. The van der Waals surface area contributed by atoms with E-state index in [4.69, 9.17) is 10.7 Å². The van der Waals surface area contributed by atoms with Crippen LogP contribution in [-0.4, -0.2) is 17.4 Å². The predicted octanol–water partition coefficient (Wildman–Crippen LogP) is 3.78. The van der Waals surface area contributed by atoms with Gasteiger partial charge in [-0.3, -0.25) is 4.79 Å². The molecule has 2 aromatic carbocycles. The van der Waals surface area contributed by atoms with Gasteiger partial charge in [0.2, 0.25) is 5.91 Å². The number of amides is 1. The van der Waals surface area contributed by atoms with E-state index in [1.807, 2.05) is 12.1 Å². The molecule has 4 nitrogen and oxygen atoms in total. The molecule has 0 bridgehead atoms. The number of anilines is 1. The van der Waals surface area contributed by atoms with Crippen molar-refractivity contribution in [2.24, 2.45) is 5.73 Å².